The van der Waals surface area contributed by atoms with Gasteiger partial charge in [-0.05, 0) is 35.9 Å². The summed E-state index contributed by atoms with van der Waals surface area (Å²) < 4.78 is 27.3. The molecule has 0 bridgehead atoms. The maximum absolute atomic E-state index is 12.5. The van der Waals surface area contributed by atoms with Crippen LogP contribution in [0, 0.1) is 10.1 Å². The Balaban J connectivity index is 2.45. The van der Waals surface area contributed by atoms with Crippen LogP contribution in [-0.2, 0) is 14.8 Å². The average Bonchev–Trinajstić information content (AvgIpc) is 2.54. The zero-order valence-electron chi connectivity index (χ0n) is 12.9. The van der Waals surface area contributed by atoms with E-state index >= 15 is 0 Å². The van der Waals surface area contributed by atoms with Crippen LogP contribution in [0.3, 0.4) is 0 Å². The highest BCUT2D eigenvalue weighted by Gasteiger charge is 2.26. The molecule has 0 amide bonds. The predicted octanol–water partition coefficient (Wildman–Crippen LogP) is 3.40. The Bertz CT molecular complexity index is 947. The van der Waals surface area contributed by atoms with Crippen molar-refractivity contribution in [3.05, 3.63) is 68.2 Å². The highest BCUT2D eigenvalue weighted by molar-refractivity contribution is 7.89. The second-order valence-electron chi connectivity index (χ2n) is 5.19. The van der Waals surface area contributed by atoms with Crippen molar-refractivity contribution in [1.29, 1.82) is 0 Å². The summed E-state index contributed by atoms with van der Waals surface area (Å²) in [5.41, 5.74) is -0.355. The maximum Gasteiger partial charge on any atom is 0.305 e. The fourth-order valence-corrected chi connectivity index (χ4v) is 3.76. The van der Waals surface area contributed by atoms with Crippen molar-refractivity contribution >= 4 is 44.9 Å². The maximum atomic E-state index is 12.5. The lowest BCUT2D eigenvalue weighted by atomic mass is 10.0. The van der Waals surface area contributed by atoms with Crippen molar-refractivity contribution in [2.75, 3.05) is 0 Å². The van der Waals surface area contributed by atoms with Crippen molar-refractivity contribution in [3.63, 3.8) is 0 Å². The fraction of sp³-hybridized carbons (Fsp3) is 0.133. The molecule has 2 N–H and O–H groups in total. The molecule has 0 spiro atoms. The molecule has 0 aliphatic carbocycles. The minimum Gasteiger partial charge on any atom is -0.481 e. The Hall–Kier alpha value is -2.20. The van der Waals surface area contributed by atoms with Crippen LogP contribution in [0.15, 0.2) is 47.4 Å². The number of sulfonamides is 1. The van der Waals surface area contributed by atoms with Crippen molar-refractivity contribution in [2.24, 2.45) is 0 Å². The first-order chi connectivity index (χ1) is 12.1. The predicted molar refractivity (Wildman–Crippen MR) is 94.9 cm³/mol. The van der Waals surface area contributed by atoms with E-state index in [0.717, 1.165) is 12.1 Å². The molecule has 2 rings (SSSR count). The van der Waals surface area contributed by atoms with Crippen LogP contribution >= 0.6 is 23.2 Å². The molecule has 2 aromatic carbocycles. The van der Waals surface area contributed by atoms with Gasteiger partial charge < -0.3 is 5.11 Å². The molecular weight excluding hydrogens is 407 g/mol. The van der Waals surface area contributed by atoms with Gasteiger partial charge >= 0.3 is 5.97 Å². The third-order valence-corrected chi connectivity index (χ3v) is 5.45. The second kappa shape index (κ2) is 8.00. The van der Waals surface area contributed by atoms with Crippen LogP contribution in [0.2, 0.25) is 10.0 Å². The molecule has 0 heterocycles. The van der Waals surface area contributed by atoms with E-state index in [4.69, 9.17) is 28.3 Å². The van der Waals surface area contributed by atoms with Gasteiger partial charge in [0.1, 0.15) is 0 Å². The normalized spacial score (nSPS) is 12.5. The van der Waals surface area contributed by atoms with Crippen LogP contribution in [0.5, 0.6) is 0 Å². The molecule has 0 radical (unpaired) electrons. The van der Waals surface area contributed by atoms with E-state index in [1.165, 1.54) is 30.3 Å². The lowest BCUT2D eigenvalue weighted by Crippen LogP contribution is -2.30. The molecule has 0 saturated heterocycles. The highest BCUT2D eigenvalue weighted by Crippen LogP contribution is 2.30. The van der Waals surface area contributed by atoms with Crippen molar-refractivity contribution in [3.8, 4) is 0 Å². The van der Waals surface area contributed by atoms with Gasteiger partial charge in [0.2, 0.25) is 10.0 Å². The summed E-state index contributed by atoms with van der Waals surface area (Å²) in [7, 11) is -4.12. The summed E-state index contributed by atoms with van der Waals surface area (Å²) in [5.74, 6) is -1.31. The van der Waals surface area contributed by atoms with Crippen LogP contribution in [-0.4, -0.2) is 24.4 Å². The number of carboxylic acid groups (broad SMARTS) is 1. The third-order valence-electron chi connectivity index (χ3n) is 3.37. The Morgan fingerprint density at radius 2 is 1.81 bits per heavy atom. The molecule has 0 unspecified atom stereocenters. The van der Waals surface area contributed by atoms with E-state index in [-0.39, 0.29) is 21.2 Å². The highest BCUT2D eigenvalue weighted by atomic mass is 35.5. The van der Waals surface area contributed by atoms with Crippen LogP contribution in [0.4, 0.5) is 5.69 Å². The quantitative estimate of drug-likeness (QED) is 0.523. The Kier molecular flexibility index (Phi) is 6.19. The fourth-order valence-electron chi connectivity index (χ4n) is 2.17. The summed E-state index contributed by atoms with van der Waals surface area (Å²) in [6.07, 6.45) is -0.659. The van der Waals surface area contributed by atoms with E-state index in [1.807, 2.05) is 0 Å². The number of aliphatic carboxylic acids is 1. The zero-order valence-corrected chi connectivity index (χ0v) is 15.3. The van der Waals surface area contributed by atoms with Gasteiger partial charge in [-0.1, -0.05) is 23.2 Å². The summed E-state index contributed by atoms with van der Waals surface area (Å²) in [5, 5.41) is 20.4. The van der Waals surface area contributed by atoms with Gasteiger partial charge in [-0.2, -0.15) is 0 Å². The molecule has 11 heteroatoms. The van der Waals surface area contributed by atoms with E-state index < -0.39 is 33.4 Å². The number of nitrogens with zero attached hydrogens (tertiary/aromatic N) is 1. The number of halogens is 2. The second-order valence-corrected chi connectivity index (χ2v) is 7.75. The molecule has 8 nitrogen and oxygen atoms in total. The van der Waals surface area contributed by atoms with E-state index in [2.05, 4.69) is 4.72 Å². The molecule has 26 heavy (non-hydrogen) atoms. The average molecular weight is 419 g/mol. The molecule has 2 aromatic rings. The first-order valence-corrected chi connectivity index (χ1v) is 9.27. The molecule has 138 valence electrons. The molecule has 0 saturated carbocycles. The van der Waals surface area contributed by atoms with E-state index in [9.17, 15) is 23.3 Å². The van der Waals surface area contributed by atoms with Crippen molar-refractivity contribution in [1.82, 2.24) is 4.72 Å². The SMILES string of the molecule is O=C(O)C[C@H](NS(=O)(=O)c1ccc(Cl)cc1)c1cc([N+](=O)[O-])ccc1Cl. The molecule has 0 aliphatic heterocycles. The molecule has 0 aromatic heterocycles. The Morgan fingerprint density at radius 3 is 2.35 bits per heavy atom. The van der Waals surface area contributed by atoms with Gasteiger partial charge in [-0.3, -0.25) is 14.9 Å². The van der Waals surface area contributed by atoms with Gasteiger partial charge in [0.05, 0.1) is 22.3 Å². The van der Waals surface area contributed by atoms with Gasteiger partial charge in [0.25, 0.3) is 5.69 Å². The smallest absolute Gasteiger partial charge is 0.305 e. The summed E-state index contributed by atoms with van der Waals surface area (Å²) in [6, 6.07) is 7.30. The largest absolute Gasteiger partial charge is 0.481 e. The number of non-ortho nitro benzene ring substituents is 1. The lowest BCUT2D eigenvalue weighted by Gasteiger charge is -2.18. The number of hydrogen-bond acceptors (Lipinski definition) is 5. The number of nitrogens with one attached hydrogen (secondary N) is 1. The first kappa shape index (κ1) is 20.1. The standard InChI is InChI=1S/C15H12Cl2N2O6S/c16-9-1-4-11(5-2-9)26(24,25)18-14(8-15(20)21)12-7-10(19(22)23)3-6-13(12)17/h1-7,14,18H,8H2,(H,20,21)/t14-/m0/s1. The monoisotopic (exact) mass is 418 g/mol. The minimum atomic E-state index is -4.12. The van der Waals surface area contributed by atoms with Gasteiger partial charge in [-0.15, -0.1) is 0 Å². The van der Waals surface area contributed by atoms with Gasteiger partial charge in [-0.25, -0.2) is 13.1 Å². The number of nitro benzene ring substituents is 1. The number of carboxylic acids is 1. The molecular formula is C15H12Cl2N2O6S. The van der Waals surface area contributed by atoms with Crippen molar-refractivity contribution < 1.29 is 23.2 Å². The van der Waals surface area contributed by atoms with E-state index in [1.54, 1.807) is 0 Å². The van der Waals surface area contributed by atoms with Crippen molar-refractivity contribution in [2.45, 2.75) is 17.4 Å². The molecule has 1 atom stereocenters. The summed E-state index contributed by atoms with van der Waals surface area (Å²) in [4.78, 5) is 21.3. The Labute approximate surface area is 158 Å². The van der Waals surface area contributed by atoms with Gasteiger partial charge in [0, 0.05) is 22.2 Å². The van der Waals surface area contributed by atoms with Gasteiger partial charge in [0.15, 0.2) is 0 Å². The minimum absolute atomic E-state index is 0.000608. The van der Waals surface area contributed by atoms with E-state index in [0.29, 0.717) is 5.02 Å². The number of nitro groups is 1. The van der Waals surface area contributed by atoms with Crippen LogP contribution in [0.25, 0.3) is 0 Å². The summed E-state index contributed by atoms with van der Waals surface area (Å²) >= 11 is 11.7. The summed E-state index contributed by atoms with van der Waals surface area (Å²) in [6.45, 7) is 0. The number of benzene rings is 2. The third kappa shape index (κ3) is 4.92. The first-order valence-electron chi connectivity index (χ1n) is 7.03. The topological polar surface area (TPSA) is 127 Å². The number of hydrogen-bond donors (Lipinski definition) is 2. The van der Waals surface area contributed by atoms with Crippen LogP contribution < -0.4 is 4.72 Å². The Morgan fingerprint density at radius 1 is 1.19 bits per heavy atom. The number of rotatable bonds is 7. The number of carbonyl (C=O) groups is 1. The molecule has 0 fully saturated rings. The molecule has 0 aliphatic rings. The lowest BCUT2D eigenvalue weighted by molar-refractivity contribution is -0.384. The zero-order chi connectivity index (χ0) is 19.5. The van der Waals surface area contributed by atoms with Crippen LogP contribution in [0.1, 0.15) is 18.0 Å².